The molecule has 0 aliphatic carbocycles. The first-order valence-corrected chi connectivity index (χ1v) is 8.86. The van der Waals surface area contributed by atoms with E-state index in [0.29, 0.717) is 17.4 Å². The van der Waals surface area contributed by atoms with E-state index >= 15 is 0 Å². The molecule has 0 aromatic heterocycles. The first-order chi connectivity index (χ1) is 11.1. The average Bonchev–Trinajstić information content (AvgIpc) is 3.01. The fraction of sp³-hybridized carbons (Fsp3) is 0.294. The third-order valence-corrected chi connectivity index (χ3v) is 5.62. The molecule has 1 saturated heterocycles. The highest BCUT2D eigenvalue weighted by atomic mass is 32.2. The molecule has 1 aromatic carbocycles. The predicted octanol–water partition coefficient (Wildman–Crippen LogP) is 3.42. The fourth-order valence-corrected chi connectivity index (χ4v) is 4.21. The molecule has 4 nitrogen and oxygen atoms in total. The number of nitrogens with zero attached hydrogens (tertiary/aromatic N) is 3. The number of carbonyl (C=O) groups is 1. The number of benzene rings is 1. The third kappa shape index (κ3) is 2.66. The molecule has 2 aliphatic rings. The zero-order valence-electron chi connectivity index (χ0n) is 13.4. The summed E-state index contributed by atoms with van der Waals surface area (Å²) in [5.74, 6) is -0.0274. The number of thioether (sulfide) groups is 1. The van der Waals surface area contributed by atoms with Crippen LogP contribution in [0.3, 0.4) is 0 Å². The second-order valence-corrected chi connectivity index (χ2v) is 6.69. The molecule has 3 rings (SSSR count). The highest BCUT2D eigenvalue weighted by Gasteiger charge is 2.34. The second-order valence-electron chi connectivity index (χ2n) is 5.26. The van der Waals surface area contributed by atoms with Crippen molar-refractivity contribution in [2.45, 2.75) is 18.7 Å². The van der Waals surface area contributed by atoms with Crippen molar-refractivity contribution in [3.05, 3.63) is 47.1 Å². The van der Waals surface area contributed by atoms with Crippen LogP contribution < -0.4 is 4.90 Å². The Balaban J connectivity index is 1.91. The van der Waals surface area contributed by atoms with E-state index in [2.05, 4.69) is 30.0 Å². The molecule has 1 aromatic rings. The molecule has 0 atom stereocenters. The maximum absolute atomic E-state index is 12.4. The van der Waals surface area contributed by atoms with Gasteiger partial charge in [0.2, 0.25) is 0 Å². The molecular weight excluding hydrogens is 326 g/mol. The van der Waals surface area contributed by atoms with Gasteiger partial charge in [0, 0.05) is 25.0 Å². The van der Waals surface area contributed by atoms with Crippen molar-refractivity contribution in [1.29, 1.82) is 0 Å². The summed E-state index contributed by atoms with van der Waals surface area (Å²) < 4.78 is 0. The van der Waals surface area contributed by atoms with Gasteiger partial charge < -0.3 is 9.80 Å². The van der Waals surface area contributed by atoms with Crippen LogP contribution in [0, 0.1) is 0 Å². The third-order valence-electron chi connectivity index (χ3n) is 4.00. The number of hydrogen-bond acceptors (Lipinski definition) is 4. The Morgan fingerprint density at radius 2 is 1.83 bits per heavy atom. The second kappa shape index (κ2) is 6.37. The van der Waals surface area contributed by atoms with E-state index in [1.165, 1.54) is 10.6 Å². The molecule has 23 heavy (non-hydrogen) atoms. The first-order valence-electron chi connectivity index (χ1n) is 7.64. The zero-order valence-corrected chi connectivity index (χ0v) is 15.1. The topological polar surface area (TPSA) is 26.8 Å². The maximum Gasteiger partial charge on any atom is 0.276 e. The molecule has 0 N–H and O–H groups in total. The quantitative estimate of drug-likeness (QED) is 0.618. The average molecular weight is 345 g/mol. The molecule has 120 valence electrons. The molecule has 0 bridgehead atoms. The van der Waals surface area contributed by atoms with E-state index in [1.54, 1.807) is 21.6 Å². The van der Waals surface area contributed by atoms with Gasteiger partial charge in [-0.2, -0.15) is 0 Å². The smallest absolute Gasteiger partial charge is 0.276 e. The summed E-state index contributed by atoms with van der Waals surface area (Å²) in [5, 5.41) is 1.69. The van der Waals surface area contributed by atoms with Crippen molar-refractivity contribution in [2.24, 2.45) is 0 Å². The van der Waals surface area contributed by atoms with Crippen LogP contribution in [-0.4, -0.2) is 41.0 Å². The van der Waals surface area contributed by atoms with E-state index in [0.717, 1.165) is 11.6 Å². The molecule has 1 fully saturated rings. The van der Waals surface area contributed by atoms with Crippen LogP contribution in [0.4, 0.5) is 5.69 Å². The van der Waals surface area contributed by atoms with E-state index < -0.39 is 0 Å². The van der Waals surface area contributed by atoms with Crippen LogP contribution in [0.1, 0.15) is 13.8 Å². The minimum Gasteiger partial charge on any atom is -0.335 e. The van der Waals surface area contributed by atoms with E-state index in [-0.39, 0.29) is 5.91 Å². The molecule has 2 heterocycles. The number of amides is 1. The number of hydrogen-bond donors (Lipinski definition) is 0. The van der Waals surface area contributed by atoms with Gasteiger partial charge in [0.05, 0.1) is 10.7 Å². The Bertz CT molecular complexity index is 726. The van der Waals surface area contributed by atoms with Crippen molar-refractivity contribution < 1.29 is 4.79 Å². The molecule has 1 amide bonds. The standard InChI is InChI=1S/C17H19N3OS2/c1-4-19-12-8-6-7-9-14(12)23-15(19)11-10-13-16(21)20(5-2)17(22)18(13)3/h6-11H,4-5H2,1-3H3/b13-10+,15-11-. The summed E-state index contributed by atoms with van der Waals surface area (Å²) in [4.78, 5) is 19.3. The van der Waals surface area contributed by atoms with Gasteiger partial charge in [0.25, 0.3) is 5.91 Å². The number of likely N-dealkylation sites (N-methyl/N-ethyl adjacent to an activating group) is 2. The number of fused-ring (bicyclic) bond motifs is 1. The Morgan fingerprint density at radius 1 is 1.13 bits per heavy atom. The summed E-state index contributed by atoms with van der Waals surface area (Å²) in [6.45, 7) is 5.55. The van der Waals surface area contributed by atoms with E-state index in [4.69, 9.17) is 12.2 Å². The summed E-state index contributed by atoms with van der Waals surface area (Å²) in [6.07, 6.45) is 3.89. The normalized spacial score (nSPS) is 21.1. The molecule has 0 unspecified atom stereocenters. The van der Waals surface area contributed by atoms with Crippen molar-refractivity contribution >= 4 is 40.7 Å². The predicted molar refractivity (Wildman–Crippen MR) is 99.2 cm³/mol. The van der Waals surface area contributed by atoms with Gasteiger partial charge in [0.15, 0.2) is 5.11 Å². The molecule has 2 aliphatic heterocycles. The van der Waals surface area contributed by atoms with Gasteiger partial charge in [0.1, 0.15) is 5.70 Å². The molecule has 0 saturated carbocycles. The van der Waals surface area contributed by atoms with Gasteiger partial charge in [-0.1, -0.05) is 23.9 Å². The van der Waals surface area contributed by atoms with Crippen molar-refractivity contribution in [2.75, 3.05) is 25.0 Å². The van der Waals surface area contributed by atoms with Gasteiger partial charge in [-0.05, 0) is 50.4 Å². The molecule has 0 spiro atoms. The minimum atomic E-state index is -0.0274. The number of para-hydroxylation sites is 1. The number of anilines is 1. The summed E-state index contributed by atoms with van der Waals surface area (Å²) in [5.41, 5.74) is 1.85. The molecular formula is C17H19N3OS2. The minimum absolute atomic E-state index is 0.0274. The van der Waals surface area contributed by atoms with Crippen LogP contribution in [0.15, 0.2) is 52.0 Å². The van der Waals surface area contributed by atoms with Crippen LogP contribution >= 0.6 is 24.0 Å². The Hall–Kier alpha value is -1.79. The van der Waals surface area contributed by atoms with Gasteiger partial charge in [-0.25, -0.2) is 0 Å². The monoisotopic (exact) mass is 345 g/mol. The Morgan fingerprint density at radius 3 is 2.48 bits per heavy atom. The lowest BCUT2D eigenvalue weighted by atomic mass is 10.3. The number of allylic oxidation sites excluding steroid dienone is 2. The highest BCUT2D eigenvalue weighted by Crippen LogP contribution is 2.45. The lowest BCUT2D eigenvalue weighted by Gasteiger charge is -2.17. The van der Waals surface area contributed by atoms with Crippen LogP contribution in [0.2, 0.25) is 0 Å². The van der Waals surface area contributed by atoms with Gasteiger partial charge in [-0.15, -0.1) is 0 Å². The van der Waals surface area contributed by atoms with Gasteiger partial charge >= 0.3 is 0 Å². The van der Waals surface area contributed by atoms with Crippen molar-refractivity contribution in [3.8, 4) is 0 Å². The van der Waals surface area contributed by atoms with Crippen LogP contribution in [0.5, 0.6) is 0 Å². The number of rotatable bonds is 3. The Labute approximate surface area is 146 Å². The number of carbonyl (C=O) groups excluding carboxylic acids is 1. The largest absolute Gasteiger partial charge is 0.335 e. The van der Waals surface area contributed by atoms with E-state index in [1.807, 2.05) is 32.2 Å². The summed E-state index contributed by atoms with van der Waals surface area (Å²) >= 11 is 7.05. The fourth-order valence-electron chi connectivity index (χ4n) is 2.77. The first kappa shape index (κ1) is 16.1. The van der Waals surface area contributed by atoms with E-state index in [9.17, 15) is 4.79 Å². The Kier molecular flexibility index (Phi) is 4.46. The SMILES string of the molecule is CCN1C(=O)/C(=C\C=C2/Sc3ccccc3N2CC)N(C)C1=S. The lowest BCUT2D eigenvalue weighted by molar-refractivity contribution is -0.122. The highest BCUT2D eigenvalue weighted by molar-refractivity contribution is 8.03. The molecule has 0 radical (unpaired) electrons. The summed E-state index contributed by atoms with van der Waals surface area (Å²) in [6, 6.07) is 8.35. The number of thiocarbonyl (C=S) groups is 1. The van der Waals surface area contributed by atoms with Crippen LogP contribution in [-0.2, 0) is 4.79 Å². The lowest BCUT2D eigenvalue weighted by Crippen LogP contribution is -2.30. The summed E-state index contributed by atoms with van der Waals surface area (Å²) in [7, 11) is 1.84. The van der Waals surface area contributed by atoms with Gasteiger partial charge in [-0.3, -0.25) is 9.69 Å². The van der Waals surface area contributed by atoms with Crippen LogP contribution in [0.25, 0.3) is 0 Å². The van der Waals surface area contributed by atoms with Crippen molar-refractivity contribution in [1.82, 2.24) is 9.80 Å². The van der Waals surface area contributed by atoms with Crippen molar-refractivity contribution in [3.63, 3.8) is 0 Å². The molecule has 6 heteroatoms. The maximum atomic E-state index is 12.4. The zero-order chi connectivity index (χ0) is 16.6.